The molecule has 4 nitrogen and oxygen atoms in total. The van der Waals surface area contributed by atoms with Gasteiger partial charge in [-0.15, -0.1) is 0 Å². The number of nitrogens with zero attached hydrogens (tertiary/aromatic N) is 1. The predicted octanol–water partition coefficient (Wildman–Crippen LogP) is 1.72. The number of hydrogen-bond donors (Lipinski definition) is 1. The van der Waals surface area contributed by atoms with Crippen LogP contribution in [0.3, 0.4) is 0 Å². The zero-order chi connectivity index (χ0) is 12.3. The number of likely N-dealkylation sites (tertiary alicyclic amines) is 1. The largest absolute Gasteiger partial charge is 0.444 e. The maximum Gasteiger partial charge on any atom is 0.410 e. The molecule has 2 atom stereocenters. The van der Waals surface area contributed by atoms with Gasteiger partial charge >= 0.3 is 6.09 Å². The van der Waals surface area contributed by atoms with E-state index in [1.165, 1.54) is 4.90 Å². The number of amides is 1. The van der Waals surface area contributed by atoms with Crippen molar-refractivity contribution < 1.29 is 19.0 Å². The molecule has 1 fully saturated rings. The van der Waals surface area contributed by atoms with Gasteiger partial charge in [0.25, 0.3) is 0 Å². The smallest absolute Gasteiger partial charge is 0.410 e. The molecule has 0 spiro atoms. The Morgan fingerprint density at radius 2 is 1.94 bits per heavy atom. The molecule has 5 heteroatoms. The molecule has 1 amide bonds. The zero-order valence-corrected chi connectivity index (χ0v) is 10.1. The summed E-state index contributed by atoms with van der Waals surface area (Å²) in [7, 11) is 0. The van der Waals surface area contributed by atoms with Crippen molar-refractivity contribution in [2.24, 2.45) is 0 Å². The van der Waals surface area contributed by atoms with Crippen molar-refractivity contribution in [3.05, 3.63) is 0 Å². The second-order valence-electron chi connectivity index (χ2n) is 5.13. The molecule has 0 aromatic rings. The summed E-state index contributed by atoms with van der Waals surface area (Å²) in [5.41, 5.74) is -0.545. The van der Waals surface area contributed by atoms with Gasteiger partial charge in [-0.05, 0) is 33.6 Å². The van der Waals surface area contributed by atoms with E-state index in [4.69, 9.17) is 4.74 Å². The fraction of sp³-hybridized carbons (Fsp3) is 0.909. The van der Waals surface area contributed by atoms with Gasteiger partial charge in [-0.1, -0.05) is 0 Å². The number of carbonyl (C=O) groups is 1. The Bertz CT molecular complexity index is 240. The highest BCUT2D eigenvalue weighted by atomic mass is 19.1. The topological polar surface area (TPSA) is 49.8 Å². The fourth-order valence-electron chi connectivity index (χ4n) is 1.56. The molecule has 16 heavy (non-hydrogen) atoms. The second-order valence-corrected chi connectivity index (χ2v) is 5.13. The highest BCUT2D eigenvalue weighted by Gasteiger charge is 2.28. The predicted molar refractivity (Wildman–Crippen MR) is 57.9 cm³/mol. The van der Waals surface area contributed by atoms with E-state index >= 15 is 0 Å². The molecule has 94 valence electrons. The minimum atomic E-state index is -1.24. The zero-order valence-electron chi connectivity index (χ0n) is 10.1. The highest BCUT2D eigenvalue weighted by Crippen LogP contribution is 2.17. The third-order valence-electron chi connectivity index (χ3n) is 2.44. The number of halogens is 1. The summed E-state index contributed by atoms with van der Waals surface area (Å²) in [6.45, 7) is 6.00. The molecule has 0 radical (unpaired) electrons. The monoisotopic (exact) mass is 233 g/mol. The number of aliphatic hydroxyl groups is 1. The maximum absolute atomic E-state index is 13.2. The van der Waals surface area contributed by atoms with E-state index in [0.717, 1.165) is 0 Å². The molecular weight excluding hydrogens is 213 g/mol. The Kier molecular flexibility index (Phi) is 4.13. The van der Waals surface area contributed by atoms with Gasteiger partial charge in [0.2, 0.25) is 0 Å². The molecular formula is C11H20FNO3. The van der Waals surface area contributed by atoms with Crippen molar-refractivity contribution in [2.75, 3.05) is 13.1 Å². The van der Waals surface area contributed by atoms with Gasteiger partial charge in [-0.3, -0.25) is 0 Å². The van der Waals surface area contributed by atoms with E-state index in [9.17, 15) is 14.3 Å². The molecule has 1 aliphatic rings. The van der Waals surface area contributed by atoms with Crippen molar-refractivity contribution in [3.8, 4) is 0 Å². The summed E-state index contributed by atoms with van der Waals surface area (Å²) in [5, 5.41) is 9.34. The lowest BCUT2D eigenvalue weighted by atomic mass is 10.1. The Balaban J connectivity index is 2.51. The molecule has 1 saturated heterocycles. The third kappa shape index (κ3) is 3.96. The summed E-state index contributed by atoms with van der Waals surface area (Å²) in [5.74, 6) is 0. The van der Waals surface area contributed by atoms with E-state index in [2.05, 4.69) is 0 Å². The van der Waals surface area contributed by atoms with Crippen LogP contribution in [0, 0.1) is 0 Å². The van der Waals surface area contributed by atoms with Crippen molar-refractivity contribution in [3.63, 3.8) is 0 Å². The Morgan fingerprint density at radius 3 is 2.50 bits per heavy atom. The molecule has 1 N–H and O–H groups in total. The summed E-state index contributed by atoms with van der Waals surface area (Å²) >= 11 is 0. The Hall–Kier alpha value is -0.840. The number of alkyl halides is 1. The van der Waals surface area contributed by atoms with Gasteiger partial charge in [0.15, 0.2) is 0 Å². The quantitative estimate of drug-likeness (QED) is 0.693. The van der Waals surface area contributed by atoms with E-state index in [-0.39, 0.29) is 12.8 Å². The molecule has 1 aliphatic heterocycles. The highest BCUT2D eigenvalue weighted by molar-refractivity contribution is 5.68. The van der Waals surface area contributed by atoms with E-state index in [1.807, 2.05) is 0 Å². The Labute approximate surface area is 95.4 Å². The van der Waals surface area contributed by atoms with Crippen LogP contribution in [0.25, 0.3) is 0 Å². The summed E-state index contributed by atoms with van der Waals surface area (Å²) in [6.07, 6.45) is -2.21. The average Bonchev–Trinajstić information content (AvgIpc) is 2.28. The van der Waals surface area contributed by atoms with Crippen LogP contribution in [0.5, 0.6) is 0 Å². The van der Waals surface area contributed by atoms with Crippen LogP contribution in [-0.2, 0) is 4.74 Å². The number of aliphatic hydroxyl groups excluding tert-OH is 1. The standard InChI is InChI=1S/C11H20FNO3/c1-11(2,3)16-10(15)13-6-4-8(12)9(14)5-7-13/h8-9,14H,4-7H2,1-3H3/t8-,9+/m1/s1. The van der Waals surface area contributed by atoms with E-state index in [0.29, 0.717) is 13.1 Å². The third-order valence-corrected chi connectivity index (χ3v) is 2.44. The van der Waals surface area contributed by atoms with Crippen molar-refractivity contribution in [2.45, 2.75) is 51.5 Å². The van der Waals surface area contributed by atoms with Crippen LogP contribution >= 0.6 is 0 Å². The van der Waals surface area contributed by atoms with Crippen LogP contribution in [0.15, 0.2) is 0 Å². The lowest BCUT2D eigenvalue weighted by Crippen LogP contribution is -2.37. The fourth-order valence-corrected chi connectivity index (χ4v) is 1.56. The van der Waals surface area contributed by atoms with Crippen LogP contribution < -0.4 is 0 Å². The molecule has 0 unspecified atom stereocenters. The number of ether oxygens (including phenoxy) is 1. The van der Waals surface area contributed by atoms with Gasteiger partial charge in [0.1, 0.15) is 11.8 Å². The minimum Gasteiger partial charge on any atom is -0.444 e. The summed E-state index contributed by atoms with van der Waals surface area (Å²) < 4.78 is 18.4. The SMILES string of the molecule is CC(C)(C)OC(=O)N1CC[C@@H](F)[C@@H](O)CC1. The normalized spacial score (nSPS) is 27.4. The Morgan fingerprint density at radius 1 is 1.38 bits per heavy atom. The van der Waals surface area contributed by atoms with Crippen LogP contribution in [0.1, 0.15) is 33.6 Å². The van der Waals surface area contributed by atoms with Crippen LogP contribution in [0.2, 0.25) is 0 Å². The molecule has 0 bridgehead atoms. The van der Waals surface area contributed by atoms with Gasteiger partial charge in [-0.25, -0.2) is 9.18 Å². The van der Waals surface area contributed by atoms with E-state index in [1.54, 1.807) is 20.8 Å². The lowest BCUT2D eigenvalue weighted by Gasteiger charge is -2.26. The molecule has 0 aliphatic carbocycles. The van der Waals surface area contributed by atoms with Crippen molar-refractivity contribution in [1.82, 2.24) is 4.90 Å². The van der Waals surface area contributed by atoms with Crippen molar-refractivity contribution in [1.29, 1.82) is 0 Å². The van der Waals surface area contributed by atoms with Crippen LogP contribution in [-0.4, -0.2) is 47.1 Å². The maximum atomic E-state index is 13.2. The first-order valence-corrected chi connectivity index (χ1v) is 5.59. The second kappa shape index (κ2) is 4.99. The number of rotatable bonds is 0. The van der Waals surface area contributed by atoms with Gasteiger partial charge in [-0.2, -0.15) is 0 Å². The molecule has 0 saturated carbocycles. The summed E-state index contributed by atoms with van der Waals surface area (Å²) in [6, 6.07) is 0. The van der Waals surface area contributed by atoms with Gasteiger partial charge in [0.05, 0.1) is 6.10 Å². The van der Waals surface area contributed by atoms with E-state index < -0.39 is 24.0 Å². The van der Waals surface area contributed by atoms with Gasteiger partial charge in [0, 0.05) is 13.1 Å². The lowest BCUT2D eigenvalue weighted by molar-refractivity contribution is 0.0251. The minimum absolute atomic E-state index is 0.167. The first-order valence-electron chi connectivity index (χ1n) is 5.59. The molecule has 0 aromatic heterocycles. The number of hydrogen-bond acceptors (Lipinski definition) is 3. The molecule has 0 aromatic carbocycles. The van der Waals surface area contributed by atoms with Crippen molar-refractivity contribution >= 4 is 6.09 Å². The first kappa shape index (κ1) is 13.2. The molecule has 1 heterocycles. The molecule has 1 rings (SSSR count). The van der Waals surface area contributed by atoms with Gasteiger partial charge < -0.3 is 14.7 Å². The number of carbonyl (C=O) groups excluding carboxylic acids is 1. The average molecular weight is 233 g/mol. The first-order chi connectivity index (χ1) is 7.29. The summed E-state index contributed by atoms with van der Waals surface area (Å²) in [4.78, 5) is 13.1. The van der Waals surface area contributed by atoms with Crippen LogP contribution in [0.4, 0.5) is 9.18 Å².